The summed E-state index contributed by atoms with van der Waals surface area (Å²) in [6.07, 6.45) is 0.861. The molecule has 0 aliphatic carbocycles. The number of amides is 2. The summed E-state index contributed by atoms with van der Waals surface area (Å²) in [4.78, 5) is 28.8. The van der Waals surface area contributed by atoms with Crippen LogP contribution in [0.4, 0.5) is 0 Å². The van der Waals surface area contributed by atoms with Crippen LogP contribution in [0.2, 0.25) is 0 Å². The third-order valence-corrected chi connectivity index (χ3v) is 3.70. The van der Waals surface area contributed by atoms with Crippen LogP contribution in [0.1, 0.15) is 41.9 Å². The van der Waals surface area contributed by atoms with Gasteiger partial charge in [-0.15, -0.1) is 0 Å². The van der Waals surface area contributed by atoms with Crippen molar-refractivity contribution in [2.45, 2.75) is 40.2 Å². The molecule has 2 amide bonds. The number of pyridine rings is 1. The number of benzene rings is 1. The van der Waals surface area contributed by atoms with Gasteiger partial charge in [-0.2, -0.15) is 0 Å². The maximum atomic E-state index is 12.5. The quantitative estimate of drug-likeness (QED) is 0.891. The van der Waals surface area contributed by atoms with Crippen LogP contribution in [-0.2, 0) is 4.79 Å². The lowest BCUT2D eigenvalue weighted by Gasteiger charge is -2.15. The number of aryl methyl sites for hydroxylation is 2. The Balaban J connectivity index is 2.20. The van der Waals surface area contributed by atoms with Crippen LogP contribution in [-0.4, -0.2) is 29.4 Å². The smallest absolute Gasteiger partial charge is 0.253 e. The SMILES string of the molecule is CCCNC(=O)[C@@H](C)NC(=O)c1cc2cc(C)ccc2nc1C. The highest BCUT2D eigenvalue weighted by Crippen LogP contribution is 2.18. The molecule has 5 heteroatoms. The summed E-state index contributed by atoms with van der Waals surface area (Å²) in [5, 5.41) is 6.43. The molecule has 5 nitrogen and oxygen atoms in total. The minimum absolute atomic E-state index is 0.178. The van der Waals surface area contributed by atoms with Gasteiger partial charge in [0.2, 0.25) is 5.91 Å². The fourth-order valence-electron chi connectivity index (χ4n) is 2.36. The van der Waals surface area contributed by atoms with Crippen LogP contribution in [0.25, 0.3) is 10.9 Å². The molecule has 0 saturated carbocycles. The monoisotopic (exact) mass is 313 g/mol. The topological polar surface area (TPSA) is 71.1 Å². The molecule has 1 aromatic heterocycles. The Morgan fingerprint density at radius 1 is 1.22 bits per heavy atom. The molecule has 0 bridgehead atoms. The molecule has 0 fully saturated rings. The molecule has 23 heavy (non-hydrogen) atoms. The second-order valence-electron chi connectivity index (χ2n) is 5.80. The summed E-state index contributed by atoms with van der Waals surface area (Å²) in [6.45, 7) is 8.07. The van der Waals surface area contributed by atoms with E-state index in [1.165, 1.54) is 0 Å². The van der Waals surface area contributed by atoms with Crippen LogP contribution in [0, 0.1) is 13.8 Å². The molecule has 0 aliphatic rings. The lowest BCUT2D eigenvalue weighted by molar-refractivity contribution is -0.122. The predicted molar refractivity (Wildman–Crippen MR) is 91.4 cm³/mol. The van der Waals surface area contributed by atoms with Gasteiger partial charge in [-0.05, 0) is 45.4 Å². The van der Waals surface area contributed by atoms with E-state index >= 15 is 0 Å². The average molecular weight is 313 g/mol. The summed E-state index contributed by atoms with van der Waals surface area (Å²) < 4.78 is 0. The Morgan fingerprint density at radius 3 is 2.65 bits per heavy atom. The van der Waals surface area contributed by atoms with Crippen LogP contribution >= 0.6 is 0 Å². The van der Waals surface area contributed by atoms with Gasteiger partial charge in [0, 0.05) is 11.9 Å². The first-order chi connectivity index (χ1) is 10.9. The lowest BCUT2D eigenvalue weighted by Crippen LogP contribution is -2.45. The van der Waals surface area contributed by atoms with Gasteiger partial charge in [-0.3, -0.25) is 14.6 Å². The summed E-state index contributed by atoms with van der Waals surface area (Å²) in [5.74, 6) is -0.458. The minimum atomic E-state index is -0.582. The molecule has 0 unspecified atom stereocenters. The van der Waals surface area contributed by atoms with Crippen molar-refractivity contribution >= 4 is 22.7 Å². The first-order valence-electron chi connectivity index (χ1n) is 7.89. The largest absolute Gasteiger partial charge is 0.354 e. The van der Waals surface area contributed by atoms with Crippen LogP contribution in [0.5, 0.6) is 0 Å². The van der Waals surface area contributed by atoms with Crippen LogP contribution < -0.4 is 10.6 Å². The Kier molecular flexibility index (Phi) is 5.32. The van der Waals surface area contributed by atoms with Crippen molar-refractivity contribution in [2.75, 3.05) is 6.54 Å². The van der Waals surface area contributed by atoms with Gasteiger partial charge in [-0.1, -0.05) is 18.6 Å². The molecular formula is C18H23N3O2. The molecule has 0 saturated heterocycles. The van der Waals surface area contributed by atoms with Gasteiger partial charge in [-0.25, -0.2) is 0 Å². The number of nitrogens with one attached hydrogen (secondary N) is 2. The summed E-state index contributed by atoms with van der Waals surface area (Å²) in [6, 6.07) is 7.18. The maximum absolute atomic E-state index is 12.5. The first-order valence-corrected chi connectivity index (χ1v) is 7.89. The van der Waals surface area contributed by atoms with Crippen molar-refractivity contribution in [3.63, 3.8) is 0 Å². The summed E-state index contributed by atoms with van der Waals surface area (Å²) >= 11 is 0. The Morgan fingerprint density at radius 2 is 1.96 bits per heavy atom. The molecule has 2 aromatic rings. The van der Waals surface area contributed by atoms with Gasteiger partial charge in [0.15, 0.2) is 0 Å². The highest BCUT2D eigenvalue weighted by atomic mass is 16.2. The van der Waals surface area contributed by atoms with E-state index in [2.05, 4.69) is 15.6 Å². The van der Waals surface area contributed by atoms with Crippen molar-refractivity contribution in [1.82, 2.24) is 15.6 Å². The molecule has 0 radical (unpaired) electrons. The molecule has 122 valence electrons. The second kappa shape index (κ2) is 7.22. The Hall–Kier alpha value is -2.43. The average Bonchev–Trinajstić information content (AvgIpc) is 2.52. The van der Waals surface area contributed by atoms with Crippen LogP contribution in [0.3, 0.4) is 0 Å². The third-order valence-electron chi connectivity index (χ3n) is 3.70. The normalized spacial score (nSPS) is 12.0. The van der Waals surface area contributed by atoms with E-state index < -0.39 is 6.04 Å². The number of fused-ring (bicyclic) bond motifs is 1. The zero-order valence-corrected chi connectivity index (χ0v) is 14.1. The molecule has 1 aromatic carbocycles. The number of carbonyl (C=O) groups excluding carboxylic acids is 2. The summed E-state index contributed by atoms with van der Waals surface area (Å²) in [7, 11) is 0. The summed E-state index contributed by atoms with van der Waals surface area (Å²) in [5.41, 5.74) is 3.12. The molecule has 0 spiro atoms. The molecule has 1 heterocycles. The number of aromatic nitrogens is 1. The number of hydrogen-bond acceptors (Lipinski definition) is 3. The van der Waals surface area contributed by atoms with Crippen LogP contribution in [0.15, 0.2) is 24.3 Å². The second-order valence-corrected chi connectivity index (χ2v) is 5.80. The fraction of sp³-hybridized carbons (Fsp3) is 0.389. The minimum Gasteiger partial charge on any atom is -0.354 e. The van der Waals surface area contributed by atoms with Crippen molar-refractivity contribution < 1.29 is 9.59 Å². The number of rotatable bonds is 5. The Labute approximate surface area is 136 Å². The zero-order chi connectivity index (χ0) is 17.0. The highest BCUT2D eigenvalue weighted by molar-refractivity contribution is 6.00. The number of hydrogen-bond donors (Lipinski definition) is 2. The van der Waals surface area contributed by atoms with E-state index in [0.717, 1.165) is 22.9 Å². The van der Waals surface area contributed by atoms with Gasteiger partial charge in [0.1, 0.15) is 6.04 Å². The molecule has 2 N–H and O–H groups in total. The van der Waals surface area contributed by atoms with Crippen molar-refractivity contribution in [2.24, 2.45) is 0 Å². The fourth-order valence-corrected chi connectivity index (χ4v) is 2.36. The van der Waals surface area contributed by atoms with E-state index in [9.17, 15) is 9.59 Å². The van der Waals surface area contributed by atoms with Crippen molar-refractivity contribution in [3.8, 4) is 0 Å². The van der Waals surface area contributed by atoms with E-state index in [-0.39, 0.29) is 11.8 Å². The van der Waals surface area contributed by atoms with Gasteiger partial charge in [0.05, 0.1) is 16.8 Å². The van der Waals surface area contributed by atoms with Gasteiger partial charge >= 0.3 is 0 Å². The first kappa shape index (κ1) is 16.9. The van der Waals surface area contributed by atoms with Crippen molar-refractivity contribution in [3.05, 3.63) is 41.1 Å². The molecule has 2 rings (SSSR count). The predicted octanol–water partition coefficient (Wildman–Crippen LogP) is 2.50. The van der Waals surface area contributed by atoms with Gasteiger partial charge in [0.25, 0.3) is 5.91 Å². The standard InChI is InChI=1S/C18H23N3O2/c1-5-8-19-17(22)13(4)21-18(23)15-10-14-9-11(2)6-7-16(14)20-12(15)3/h6-7,9-10,13H,5,8H2,1-4H3,(H,19,22)(H,21,23)/t13-/m1/s1. The van der Waals surface area contributed by atoms with E-state index in [0.29, 0.717) is 17.8 Å². The van der Waals surface area contributed by atoms with E-state index in [4.69, 9.17) is 0 Å². The highest BCUT2D eigenvalue weighted by Gasteiger charge is 2.18. The van der Waals surface area contributed by atoms with Crippen molar-refractivity contribution in [1.29, 1.82) is 0 Å². The molecule has 0 aliphatic heterocycles. The number of nitrogens with zero attached hydrogens (tertiary/aromatic N) is 1. The molecular weight excluding hydrogens is 290 g/mol. The maximum Gasteiger partial charge on any atom is 0.253 e. The Bertz CT molecular complexity index is 740. The van der Waals surface area contributed by atoms with E-state index in [1.807, 2.05) is 38.1 Å². The lowest BCUT2D eigenvalue weighted by atomic mass is 10.1. The van der Waals surface area contributed by atoms with Gasteiger partial charge < -0.3 is 10.6 Å². The number of carbonyl (C=O) groups is 2. The third kappa shape index (κ3) is 4.06. The molecule has 1 atom stereocenters. The van der Waals surface area contributed by atoms with E-state index in [1.54, 1.807) is 13.8 Å². The zero-order valence-electron chi connectivity index (χ0n) is 14.1.